The number of aliphatic carboxylic acids is 1. The zero-order chi connectivity index (χ0) is 12.7. The molecule has 1 heterocycles. The Balaban J connectivity index is 2.26. The van der Waals surface area contributed by atoms with E-state index >= 15 is 0 Å². The zero-order valence-corrected chi connectivity index (χ0v) is 10.9. The molecule has 1 unspecified atom stereocenters. The van der Waals surface area contributed by atoms with Crippen LogP contribution in [0.3, 0.4) is 0 Å². The summed E-state index contributed by atoms with van der Waals surface area (Å²) in [6, 6.07) is 0.502. The highest BCUT2D eigenvalue weighted by Gasteiger charge is 2.22. The maximum absolute atomic E-state index is 10.5. The topological polar surface area (TPSA) is 53.0 Å². The number of piperazine rings is 1. The number of hydrogen-bond donors (Lipinski definition) is 1. The van der Waals surface area contributed by atoms with E-state index in [0.29, 0.717) is 12.6 Å². The molecule has 0 saturated carbocycles. The van der Waals surface area contributed by atoms with Crippen LogP contribution in [0.5, 0.6) is 0 Å². The molecule has 1 aliphatic rings. The van der Waals surface area contributed by atoms with Gasteiger partial charge < -0.3 is 14.7 Å². The molecule has 0 radical (unpaired) electrons. The predicted molar refractivity (Wildman–Crippen MR) is 66.2 cm³/mol. The van der Waals surface area contributed by atoms with E-state index in [4.69, 9.17) is 9.84 Å². The third-order valence-electron chi connectivity index (χ3n) is 3.40. The molecule has 1 rings (SSSR count). The van der Waals surface area contributed by atoms with Crippen molar-refractivity contribution in [1.82, 2.24) is 9.80 Å². The first-order valence-electron chi connectivity index (χ1n) is 6.34. The summed E-state index contributed by atoms with van der Waals surface area (Å²) >= 11 is 0. The Bertz CT molecular complexity index is 228. The molecule has 0 amide bonds. The first kappa shape index (κ1) is 14.4. The number of carbonyl (C=O) groups is 1. The molecule has 1 saturated heterocycles. The number of carboxylic acids is 1. The molecule has 0 aromatic heterocycles. The average molecular weight is 244 g/mol. The molecule has 1 N–H and O–H groups in total. The second kappa shape index (κ2) is 7.63. The van der Waals surface area contributed by atoms with Gasteiger partial charge in [-0.2, -0.15) is 0 Å². The lowest BCUT2D eigenvalue weighted by Gasteiger charge is -2.38. The molecule has 0 bridgehead atoms. The van der Waals surface area contributed by atoms with Crippen molar-refractivity contribution in [2.75, 3.05) is 46.4 Å². The fourth-order valence-electron chi connectivity index (χ4n) is 2.28. The van der Waals surface area contributed by atoms with E-state index in [1.807, 2.05) is 0 Å². The Morgan fingerprint density at radius 2 is 2.00 bits per heavy atom. The fourth-order valence-corrected chi connectivity index (χ4v) is 2.28. The summed E-state index contributed by atoms with van der Waals surface area (Å²) in [6.07, 6.45) is 1.35. The van der Waals surface area contributed by atoms with Crippen LogP contribution in [0.2, 0.25) is 0 Å². The number of hydrogen-bond acceptors (Lipinski definition) is 4. The van der Waals surface area contributed by atoms with E-state index in [9.17, 15) is 4.79 Å². The monoisotopic (exact) mass is 244 g/mol. The van der Waals surface area contributed by atoms with Crippen LogP contribution < -0.4 is 0 Å². The van der Waals surface area contributed by atoms with Crippen LogP contribution in [0.4, 0.5) is 0 Å². The standard InChI is InChI=1S/C12H24N2O3/c1-3-11(10-17-2)14-8-6-13(7-9-14)5-4-12(15)16/h11H,3-10H2,1-2H3,(H,15,16). The second-order valence-corrected chi connectivity index (χ2v) is 4.54. The van der Waals surface area contributed by atoms with Gasteiger partial charge in [0.05, 0.1) is 13.0 Å². The van der Waals surface area contributed by atoms with Crippen LogP contribution >= 0.6 is 0 Å². The third-order valence-corrected chi connectivity index (χ3v) is 3.40. The molecule has 0 aromatic rings. The molecule has 5 heteroatoms. The summed E-state index contributed by atoms with van der Waals surface area (Å²) in [6.45, 7) is 7.60. The van der Waals surface area contributed by atoms with Crippen molar-refractivity contribution in [3.05, 3.63) is 0 Å². The van der Waals surface area contributed by atoms with Crippen molar-refractivity contribution < 1.29 is 14.6 Å². The lowest BCUT2D eigenvalue weighted by atomic mass is 10.1. The summed E-state index contributed by atoms with van der Waals surface area (Å²) in [5.41, 5.74) is 0. The fraction of sp³-hybridized carbons (Fsp3) is 0.917. The first-order chi connectivity index (χ1) is 8.17. The highest BCUT2D eigenvalue weighted by molar-refractivity contribution is 5.66. The highest BCUT2D eigenvalue weighted by atomic mass is 16.5. The molecule has 1 aliphatic heterocycles. The van der Waals surface area contributed by atoms with Gasteiger partial charge in [0.1, 0.15) is 0 Å². The van der Waals surface area contributed by atoms with Gasteiger partial charge in [-0.15, -0.1) is 0 Å². The zero-order valence-electron chi connectivity index (χ0n) is 10.9. The minimum absolute atomic E-state index is 0.245. The molecule has 5 nitrogen and oxygen atoms in total. The predicted octanol–water partition coefficient (Wildman–Crippen LogP) is 0.504. The van der Waals surface area contributed by atoms with Crippen molar-refractivity contribution in [1.29, 1.82) is 0 Å². The molecule has 17 heavy (non-hydrogen) atoms. The molecule has 1 atom stereocenters. The normalized spacial score (nSPS) is 20.4. The van der Waals surface area contributed by atoms with Crippen LogP contribution in [-0.2, 0) is 9.53 Å². The number of carboxylic acid groups (broad SMARTS) is 1. The van der Waals surface area contributed by atoms with Crippen molar-refractivity contribution >= 4 is 5.97 Å². The molecule has 0 aromatic carbocycles. The summed E-state index contributed by atoms with van der Waals surface area (Å²) in [4.78, 5) is 15.2. The third kappa shape index (κ3) is 5.02. The van der Waals surface area contributed by atoms with Gasteiger partial charge in [-0.05, 0) is 6.42 Å². The quantitative estimate of drug-likeness (QED) is 0.707. The second-order valence-electron chi connectivity index (χ2n) is 4.54. The highest BCUT2D eigenvalue weighted by Crippen LogP contribution is 2.10. The average Bonchev–Trinajstić information content (AvgIpc) is 2.34. The Morgan fingerprint density at radius 3 is 2.47 bits per heavy atom. The van der Waals surface area contributed by atoms with Gasteiger partial charge in [-0.3, -0.25) is 9.69 Å². The molecular weight excluding hydrogens is 220 g/mol. The molecule has 1 fully saturated rings. The Morgan fingerprint density at radius 1 is 1.35 bits per heavy atom. The van der Waals surface area contributed by atoms with Gasteiger partial charge in [-0.1, -0.05) is 6.92 Å². The van der Waals surface area contributed by atoms with Crippen LogP contribution in [0.15, 0.2) is 0 Å². The Labute approximate surface area is 103 Å². The van der Waals surface area contributed by atoms with Crippen LogP contribution in [-0.4, -0.2) is 73.4 Å². The molecule has 0 aliphatic carbocycles. The van der Waals surface area contributed by atoms with Crippen molar-refractivity contribution in [2.45, 2.75) is 25.8 Å². The van der Waals surface area contributed by atoms with Crippen LogP contribution in [0.25, 0.3) is 0 Å². The van der Waals surface area contributed by atoms with Gasteiger partial charge in [0, 0.05) is 45.9 Å². The first-order valence-corrected chi connectivity index (χ1v) is 6.34. The minimum atomic E-state index is -0.710. The smallest absolute Gasteiger partial charge is 0.304 e. The summed E-state index contributed by atoms with van der Waals surface area (Å²) in [5, 5.41) is 8.64. The van der Waals surface area contributed by atoms with E-state index in [0.717, 1.165) is 39.2 Å². The van der Waals surface area contributed by atoms with Gasteiger partial charge in [0.25, 0.3) is 0 Å². The van der Waals surface area contributed by atoms with Gasteiger partial charge >= 0.3 is 5.97 Å². The molecule has 100 valence electrons. The number of nitrogens with zero attached hydrogens (tertiary/aromatic N) is 2. The van der Waals surface area contributed by atoms with E-state index < -0.39 is 5.97 Å². The minimum Gasteiger partial charge on any atom is -0.481 e. The Kier molecular flexibility index (Phi) is 6.47. The number of ether oxygens (including phenoxy) is 1. The molecule has 0 spiro atoms. The lowest BCUT2D eigenvalue weighted by molar-refractivity contribution is -0.137. The molecular formula is C12H24N2O3. The maximum Gasteiger partial charge on any atom is 0.304 e. The van der Waals surface area contributed by atoms with Crippen LogP contribution in [0, 0.1) is 0 Å². The maximum atomic E-state index is 10.5. The van der Waals surface area contributed by atoms with Gasteiger partial charge in [0.15, 0.2) is 0 Å². The van der Waals surface area contributed by atoms with E-state index in [1.165, 1.54) is 0 Å². The SMILES string of the molecule is CCC(COC)N1CCN(CCC(=O)O)CC1. The summed E-state index contributed by atoms with van der Waals surface area (Å²) < 4.78 is 5.22. The van der Waals surface area contributed by atoms with Crippen LogP contribution in [0.1, 0.15) is 19.8 Å². The van der Waals surface area contributed by atoms with Crippen molar-refractivity contribution in [3.8, 4) is 0 Å². The number of methoxy groups -OCH3 is 1. The van der Waals surface area contributed by atoms with Crippen molar-refractivity contribution in [2.24, 2.45) is 0 Å². The van der Waals surface area contributed by atoms with E-state index in [1.54, 1.807) is 7.11 Å². The van der Waals surface area contributed by atoms with E-state index in [2.05, 4.69) is 16.7 Å². The van der Waals surface area contributed by atoms with Gasteiger partial charge in [-0.25, -0.2) is 0 Å². The summed E-state index contributed by atoms with van der Waals surface area (Å²) in [7, 11) is 1.74. The van der Waals surface area contributed by atoms with E-state index in [-0.39, 0.29) is 6.42 Å². The lowest BCUT2D eigenvalue weighted by Crippen LogP contribution is -2.51. The number of rotatable bonds is 7. The Hall–Kier alpha value is -0.650. The van der Waals surface area contributed by atoms with Crippen molar-refractivity contribution in [3.63, 3.8) is 0 Å². The summed E-state index contributed by atoms with van der Waals surface area (Å²) in [5.74, 6) is -0.710. The van der Waals surface area contributed by atoms with Gasteiger partial charge in [0.2, 0.25) is 0 Å². The largest absolute Gasteiger partial charge is 0.481 e.